The number of hydrogen-bond donors (Lipinski definition) is 3. The van der Waals surface area contributed by atoms with Crippen molar-refractivity contribution >= 4 is 58.5 Å². The average molecular weight is 507 g/mol. The summed E-state index contributed by atoms with van der Waals surface area (Å²) in [6, 6.07) is 4.22. The highest BCUT2D eigenvalue weighted by Gasteiger charge is 2.21. The Morgan fingerprint density at radius 2 is 1.96 bits per heavy atom. The summed E-state index contributed by atoms with van der Waals surface area (Å²) in [6.07, 6.45) is 0. The zero-order valence-electron chi connectivity index (χ0n) is 15.5. The van der Waals surface area contributed by atoms with Crippen LogP contribution in [0.5, 0.6) is 0 Å². The first-order valence-electron chi connectivity index (χ1n) is 8.11. The smallest absolute Gasteiger partial charge is 0.263 e. The Hall–Kier alpha value is -1.20. The Labute approximate surface area is 179 Å². The van der Waals surface area contributed by atoms with E-state index in [4.69, 9.17) is 0 Å². The number of carbonyl (C=O) groups excluding carboxylic acids is 1. The maximum atomic E-state index is 12.0. The van der Waals surface area contributed by atoms with Gasteiger partial charge in [0.1, 0.15) is 4.88 Å². The monoisotopic (exact) mass is 507 g/mol. The number of amides is 1. The second-order valence-corrected chi connectivity index (χ2v) is 8.04. The molecule has 3 N–H and O–H groups in total. The van der Waals surface area contributed by atoms with Crippen LogP contribution in [0.25, 0.3) is 0 Å². The van der Waals surface area contributed by atoms with E-state index in [1.807, 2.05) is 6.92 Å². The number of thiazole rings is 1. The SMILES string of the molecule is CN=C(NCCNC(=O)c1scnc1C)NCC(C)(C)c1cccs1.I. The lowest BCUT2D eigenvalue weighted by Crippen LogP contribution is -2.45. The van der Waals surface area contributed by atoms with Gasteiger partial charge >= 0.3 is 0 Å². The molecule has 144 valence electrons. The molecule has 2 heterocycles. The molecule has 2 rings (SSSR count). The van der Waals surface area contributed by atoms with E-state index in [9.17, 15) is 4.79 Å². The van der Waals surface area contributed by atoms with Gasteiger partial charge in [0, 0.05) is 37.0 Å². The third-order valence-corrected chi connectivity index (χ3v) is 5.93. The van der Waals surface area contributed by atoms with Crippen molar-refractivity contribution in [1.29, 1.82) is 0 Å². The number of thiophene rings is 1. The normalized spacial score (nSPS) is 11.6. The van der Waals surface area contributed by atoms with Gasteiger partial charge in [-0.3, -0.25) is 9.79 Å². The summed E-state index contributed by atoms with van der Waals surface area (Å²) in [4.78, 5) is 22.3. The summed E-state index contributed by atoms with van der Waals surface area (Å²) in [7, 11) is 1.74. The molecule has 6 nitrogen and oxygen atoms in total. The fourth-order valence-corrected chi connectivity index (χ4v) is 3.80. The van der Waals surface area contributed by atoms with Crippen LogP contribution in [0.2, 0.25) is 0 Å². The molecule has 26 heavy (non-hydrogen) atoms. The van der Waals surface area contributed by atoms with Crippen LogP contribution in [0.1, 0.15) is 34.1 Å². The van der Waals surface area contributed by atoms with Gasteiger partial charge in [-0.25, -0.2) is 4.98 Å². The lowest BCUT2D eigenvalue weighted by atomic mass is 9.91. The highest BCUT2D eigenvalue weighted by molar-refractivity contribution is 14.0. The van der Waals surface area contributed by atoms with E-state index < -0.39 is 0 Å². The molecule has 0 fully saturated rings. The van der Waals surface area contributed by atoms with Crippen LogP contribution in [0.4, 0.5) is 0 Å². The number of aryl methyl sites for hydroxylation is 1. The van der Waals surface area contributed by atoms with Crippen LogP contribution in [-0.4, -0.2) is 43.5 Å². The van der Waals surface area contributed by atoms with Gasteiger partial charge in [0.25, 0.3) is 5.91 Å². The van der Waals surface area contributed by atoms with E-state index in [0.717, 1.165) is 18.2 Å². The first-order valence-corrected chi connectivity index (χ1v) is 9.87. The fourth-order valence-electron chi connectivity index (χ4n) is 2.23. The summed E-state index contributed by atoms with van der Waals surface area (Å²) >= 11 is 3.12. The standard InChI is InChI=1S/C17H25N5OS2.HI/c1-12-14(25-11-22-12)15(23)19-7-8-20-16(18-4)21-10-17(2,3)13-6-5-9-24-13;/h5-6,9,11H,7-8,10H2,1-4H3,(H,19,23)(H2,18,20,21);1H. The number of nitrogens with zero attached hydrogens (tertiary/aromatic N) is 2. The van der Waals surface area contributed by atoms with Crippen molar-refractivity contribution in [3.8, 4) is 0 Å². The molecule has 0 atom stereocenters. The largest absolute Gasteiger partial charge is 0.356 e. The lowest BCUT2D eigenvalue weighted by Gasteiger charge is -2.25. The number of aromatic nitrogens is 1. The Morgan fingerprint density at radius 3 is 2.54 bits per heavy atom. The molecule has 0 saturated heterocycles. The van der Waals surface area contributed by atoms with E-state index in [0.29, 0.717) is 18.0 Å². The Bertz CT molecular complexity index is 713. The Balaban J connectivity index is 0.00000338. The first-order chi connectivity index (χ1) is 11.9. The predicted molar refractivity (Wildman–Crippen MR) is 121 cm³/mol. The first kappa shape index (κ1) is 22.8. The van der Waals surface area contributed by atoms with Crippen molar-refractivity contribution in [2.45, 2.75) is 26.2 Å². The van der Waals surface area contributed by atoms with Crippen LogP contribution >= 0.6 is 46.7 Å². The lowest BCUT2D eigenvalue weighted by molar-refractivity contribution is 0.0957. The highest BCUT2D eigenvalue weighted by Crippen LogP contribution is 2.26. The molecule has 0 aromatic carbocycles. The molecule has 0 unspecified atom stereocenters. The van der Waals surface area contributed by atoms with Gasteiger partial charge in [0.2, 0.25) is 0 Å². The topological polar surface area (TPSA) is 78.4 Å². The molecule has 2 aromatic heterocycles. The number of aliphatic imine (C=N–C) groups is 1. The molecule has 0 spiro atoms. The maximum Gasteiger partial charge on any atom is 0.263 e. The van der Waals surface area contributed by atoms with Crippen LogP contribution in [0.3, 0.4) is 0 Å². The summed E-state index contributed by atoms with van der Waals surface area (Å²) < 4.78 is 0. The van der Waals surface area contributed by atoms with Gasteiger partial charge < -0.3 is 16.0 Å². The maximum absolute atomic E-state index is 12.0. The summed E-state index contributed by atoms with van der Waals surface area (Å²) in [5.41, 5.74) is 2.48. The molecular weight excluding hydrogens is 481 g/mol. The third kappa shape index (κ3) is 6.51. The minimum absolute atomic E-state index is 0. The summed E-state index contributed by atoms with van der Waals surface area (Å²) in [5.74, 6) is 0.649. The van der Waals surface area contributed by atoms with Crippen molar-refractivity contribution in [2.75, 3.05) is 26.7 Å². The van der Waals surface area contributed by atoms with E-state index in [2.05, 4.69) is 57.3 Å². The number of hydrogen-bond acceptors (Lipinski definition) is 5. The molecule has 0 radical (unpaired) electrons. The fraction of sp³-hybridized carbons (Fsp3) is 0.471. The molecule has 9 heteroatoms. The molecule has 1 amide bonds. The van der Waals surface area contributed by atoms with Gasteiger partial charge in [0.05, 0.1) is 11.2 Å². The van der Waals surface area contributed by atoms with Crippen LogP contribution in [0.15, 0.2) is 28.0 Å². The van der Waals surface area contributed by atoms with Crippen LogP contribution < -0.4 is 16.0 Å². The Morgan fingerprint density at radius 1 is 1.23 bits per heavy atom. The van der Waals surface area contributed by atoms with E-state index in [1.54, 1.807) is 23.9 Å². The van der Waals surface area contributed by atoms with E-state index in [1.165, 1.54) is 16.2 Å². The number of halogens is 1. The third-order valence-electron chi connectivity index (χ3n) is 3.76. The van der Waals surface area contributed by atoms with Crippen molar-refractivity contribution in [3.05, 3.63) is 38.5 Å². The minimum atomic E-state index is -0.0800. The van der Waals surface area contributed by atoms with Crippen molar-refractivity contribution in [3.63, 3.8) is 0 Å². The minimum Gasteiger partial charge on any atom is -0.356 e. The average Bonchev–Trinajstić information content (AvgIpc) is 3.25. The second kappa shape index (κ2) is 10.8. The number of guanidine groups is 1. The molecule has 0 aliphatic carbocycles. The molecule has 0 saturated carbocycles. The molecule has 0 aliphatic rings. The molecule has 0 bridgehead atoms. The van der Waals surface area contributed by atoms with Crippen LogP contribution in [-0.2, 0) is 5.41 Å². The highest BCUT2D eigenvalue weighted by atomic mass is 127. The number of nitrogens with one attached hydrogen (secondary N) is 3. The second-order valence-electron chi connectivity index (χ2n) is 6.24. The summed E-state index contributed by atoms with van der Waals surface area (Å²) in [5, 5.41) is 11.5. The summed E-state index contributed by atoms with van der Waals surface area (Å²) in [6.45, 7) is 8.14. The van der Waals surface area contributed by atoms with E-state index in [-0.39, 0.29) is 35.3 Å². The Kier molecular flexibility index (Phi) is 9.51. The molecular formula is C17H26IN5OS2. The van der Waals surface area contributed by atoms with E-state index >= 15 is 0 Å². The molecule has 2 aromatic rings. The zero-order chi connectivity index (χ0) is 18.3. The van der Waals surface area contributed by atoms with Crippen molar-refractivity contribution in [2.24, 2.45) is 4.99 Å². The van der Waals surface area contributed by atoms with Gasteiger partial charge in [-0.05, 0) is 18.4 Å². The van der Waals surface area contributed by atoms with Crippen molar-refractivity contribution in [1.82, 2.24) is 20.9 Å². The molecule has 0 aliphatic heterocycles. The van der Waals surface area contributed by atoms with Crippen LogP contribution in [0, 0.1) is 6.92 Å². The van der Waals surface area contributed by atoms with Gasteiger partial charge in [0.15, 0.2) is 5.96 Å². The van der Waals surface area contributed by atoms with Gasteiger partial charge in [-0.1, -0.05) is 19.9 Å². The zero-order valence-corrected chi connectivity index (χ0v) is 19.4. The van der Waals surface area contributed by atoms with Gasteiger partial charge in [-0.2, -0.15) is 0 Å². The number of rotatable bonds is 7. The van der Waals surface area contributed by atoms with Crippen molar-refractivity contribution < 1.29 is 4.79 Å². The quantitative estimate of drug-likeness (QED) is 0.233. The number of carbonyl (C=O) groups is 1. The predicted octanol–water partition coefficient (Wildman–Crippen LogP) is 3.00. The van der Waals surface area contributed by atoms with Gasteiger partial charge in [-0.15, -0.1) is 46.7 Å².